The molecule has 0 radical (unpaired) electrons. The molecule has 0 aromatic carbocycles. The summed E-state index contributed by atoms with van der Waals surface area (Å²) in [5, 5.41) is 11.1. The van der Waals surface area contributed by atoms with E-state index in [9.17, 15) is 14.7 Å². The van der Waals surface area contributed by atoms with Gasteiger partial charge in [0.2, 0.25) is 0 Å². The predicted octanol–water partition coefficient (Wildman–Crippen LogP) is 3.61. The molecule has 4 aliphatic carbocycles. The predicted molar refractivity (Wildman–Crippen MR) is 92.2 cm³/mol. The van der Waals surface area contributed by atoms with Gasteiger partial charge in [0, 0.05) is 11.8 Å². The number of carbonyl (C=O) groups is 2. The third-order valence-electron chi connectivity index (χ3n) is 7.95. The lowest BCUT2D eigenvalue weighted by Crippen LogP contribution is -2.55. The molecule has 2 fully saturated rings. The summed E-state index contributed by atoms with van der Waals surface area (Å²) in [6, 6.07) is 0. The normalized spacial score (nSPS) is 47.2. The van der Waals surface area contributed by atoms with Crippen molar-refractivity contribution in [3.05, 3.63) is 23.3 Å². The van der Waals surface area contributed by atoms with Gasteiger partial charge in [0.15, 0.2) is 11.6 Å². The molecule has 0 aliphatic heterocycles. The van der Waals surface area contributed by atoms with Gasteiger partial charge >= 0.3 is 0 Å². The minimum atomic E-state index is -1.15. The Morgan fingerprint density at radius 3 is 2.71 bits per heavy atom. The summed E-state index contributed by atoms with van der Waals surface area (Å²) in [5.41, 5.74) is 1.05. The van der Waals surface area contributed by atoms with Gasteiger partial charge in [0.05, 0.1) is 0 Å². The van der Waals surface area contributed by atoms with Crippen LogP contribution in [0.1, 0.15) is 59.3 Å². The first-order valence-electron chi connectivity index (χ1n) is 9.44. The number of fused-ring (bicyclic) bond motifs is 5. The van der Waals surface area contributed by atoms with Crippen LogP contribution in [-0.4, -0.2) is 22.3 Å². The van der Waals surface area contributed by atoms with Crippen LogP contribution in [0, 0.1) is 29.1 Å². The Balaban J connectivity index is 1.75. The summed E-state index contributed by atoms with van der Waals surface area (Å²) in [6.45, 7) is 5.82. The first-order valence-corrected chi connectivity index (χ1v) is 9.44. The molecular formula is C21H28O3. The maximum atomic E-state index is 12.2. The molecule has 24 heavy (non-hydrogen) atoms. The quantitative estimate of drug-likeness (QED) is 0.800. The highest BCUT2D eigenvalue weighted by Crippen LogP contribution is 2.64. The van der Waals surface area contributed by atoms with Crippen molar-refractivity contribution in [2.45, 2.75) is 64.9 Å². The number of carbonyl (C=O) groups excluding carboxylic acids is 2. The van der Waals surface area contributed by atoms with E-state index in [0.29, 0.717) is 36.5 Å². The fraction of sp³-hybridized carbons (Fsp3) is 0.714. The first-order chi connectivity index (χ1) is 11.3. The van der Waals surface area contributed by atoms with Crippen molar-refractivity contribution in [1.29, 1.82) is 0 Å². The molecule has 0 aromatic heterocycles. The molecule has 0 spiro atoms. The van der Waals surface area contributed by atoms with Crippen LogP contribution in [0.25, 0.3) is 0 Å². The second kappa shape index (κ2) is 5.14. The maximum Gasteiger partial charge on any atom is 0.161 e. The molecule has 3 nitrogen and oxygen atoms in total. The second-order valence-corrected chi connectivity index (χ2v) is 8.82. The number of aliphatic hydroxyl groups is 1. The molecule has 0 aromatic rings. The van der Waals surface area contributed by atoms with E-state index >= 15 is 0 Å². The fourth-order valence-corrected chi connectivity index (χ4v) is 6.57. The summed E-state index contributed by atoms with van der Waals surface area (Å²) in [5.74, 6) is 2.08. The topological polar surface area (TPSA) is 54.4 Å². The number of rotatable bonds is 1. The molecule has 0 bridgehead atoms. The summed E-state index contributed by atoms with van der Waals surface area (Å²) >= 11 is 0. The Morgan fingerprint density at radius 2 is 2.00 bits per heavy atom. The second-order valence-electron chi connectivity index (χ2n) is 8.82. The molecule has 0 saturated heterocycles. The average Bonchev–Trinajstić information content (AvgIpc) is 2.81. The molecule has 6 atom stereocenters. The van der Waals surface area contributed by atoms with Crippen molar-refractivity contribution >= 4 is 11.6 Å². The van der Waals surface area contributed by atoms with E-state index in [4.69, 9.17) is 0 Å². The first kappa shape index (κ1) is 16.3. The summed E-state index contributed by atoms with van der Waals surface area (Å²) in [6.07, 6.45) is 9.38. The van der Waals surface area contributed by atoms with Gasteiger partial charge in [-0.2, -0.15) is 0 Å². The zero-order chi connectivity index (χ0) is 17.3. The van der Waals surface area contributed by atoms with Gasteiger partial charge in [0.1, 0.15) is 5.60 Å². The lowest BCUT2D eigenvalue weighted by atomic mass is 9.51. The lowest BCUT2D eigenvalue weighted by molar-refractivity contribution is -0.155. The molecule has 1 N–H and O–H groups in total. The molecule has 2 saturated carbocycles. The van der Waals surface area contributed by atoms with Crippen molar-refractivity contribution in [3.63, 3.8) is 0 Å². The van der Waals surface area contributed by atoms with Crippen LogP contribution in [0.4, 0.5) is 0 Å². The molecule has 0 unspecified atom stereocenters. The smallest absolute Gasteiger partial charge is 0.161 e. The minimum absolute atomic E-state index is 0.0636. The molecule has 3 heteroatoms. The van der Waals surface area contributed by atoms with Gasteiger partial charge < -0.3 is 5.11 Å². The van der Waals surface area contributed by atoms with Gasteiger partial charge in [-0.25, -0.2) is 0 Å². The SMILES string of the molecule is CC(=O)[C@@]1(O)CC[C@@H]2[C@@H]3C=C(C)C4=CC(=O)CC[C@@H]4[C@@H]3CC[C@@]21C. The van der Waals surface area contributed by atoms with Gasteiger partial charge in [-0.1, -0.05) is 18.6 Å². The zero-order valence-electron chi connectivity index (χ0n) is 15.0. The molecule has 0 amide bonds. The van der Waals surface area contributed by atoms with Crippen molar-refractivity contribution in [3.8, 4) is 0 Å². The average molecular weight is 328 g/mol. The van der Waals surface area contributed by atoms with E-state index in [1.54, 1.807) is 6.92 Å². The summed E-state index contributed by atoms with van der Waals surface area (Å²) in [7, 11) is 0. The zero-order valence-corrected chi connectivity index (χ0v) is 15.0. The largest absolute Gasteiger partial charge is 0.382 e. The van der Waals surface area contributed by atoms with Crippen LogP contribution in [0.5, 0.6) is 0 Å². The minimum Gasteiger partial charge on any atom is -0.382 e. The van der Waals surface area contributed by atoms with Crippen LogP contribution in [0.15, 0.2) is 23.3 Å². The third kappa shape index (κ3) is 1.94. The Morgan fingerprint density at radius 1 is 1.25 bits per heavy atom. The number of ketones is 2. The Hall–Kier alpha value is -1.22. The van der Waals surface area contributed by atoms with E-state index < -0.39 is 5.60 Å². The number of hydrogen-bond donors (Lipinski definition) is 1. The highest BCUT2D eigenvalue weighted by atomic mass is 16.3. The monoisotopic (exact) mass is 328 g/mol. The highest BCUT2D eigenvalue weighted by molar-refractivity contribution is 5.92. The van der Waals surface area contributed by atoms with Crippen LogP contribution >= 0.6 is 0 Å². The van der Waals surface area contributed by atoms with E-state index in [1.807, 2.05) is 6.08 Å². The Labute approximate surface area is 144 Å². The number of Topliss-reactive ketones (excluding diaryl/α,β-unsaturated/α-hetero) is 1. The van der Waals surface area contributed by atoms with E-state index in [1.165, 1.54) is 11.1 Å². The van der Waals surface area contributed by atoms with E-state index in [0.717, 1.165) is 25.7 Å². The third-order valence-corrected chi connectivity index (χ3v) is 7.95. The van der Waals surface area contributed by atoms with Crippen LogP contribution in [0.2, 0.25) is 0 Å². The fourth-order valence-electron chi connectivity index (χ4n) is 6.57. The van der Waals surface area contributed by atoms with Crippen LogP contribution < -0.4 is 0 Å². The lowest BCUT2D eigenvalue weighted by Gasteiger charge is -2.54. The van der Waals surface area contributed by atoms with Crippen molar-refractivity contribution < 1.29 is 14.7 Å². The maximum absolute atomic E-state index is 12.2. The van der Waals surface area contributed by atoms with Crippen molar-refractivity contribution in [2.24, 2.45) is 29.1 Å². The Bertz CT molecular complexity index is 673. The number of allylic oxidation sites excluding steroid dienone is 4. The van der Waals surface area contributed by atoms with Crippen molar-refractivity contribution in [2.75, 3.05) is 0 Å². The standard InChI is InChI=1S/C21H28O3/c1-12-10-18-16(15-5-4-14(23)11-17(12)15)6-8-20(3)19(18)7-9-21(20,24)13(2)22/h10-11,15-16,18-19,24H,4-9H2,1-3H3/t15-,16+,18-,19-,20+,21+/m1/s1. The highest BCUT2D eigenvalue weighted by Gasteiger charge is 2.63. The summed E-state index contributed by atoms with van der Waals surface area (Å²) in [4.78, 5) is 24.0. The van der Waals surface area contributed by atoms with Gasteiger partial charge in [-0.05, 0) is 81.3 Å². The van der Waals surface area contributed by atoms with Gasteiger partial charge in [-0.3, -0.25) is 9.59 Å². The molecule has 0 heterocycles. The molecule has 130 valence electrons. The van der Waals surface area contributed by atoms with Gasteiger partial charge in [-0.15, -0.1) is 0 Å². The molecular weight excluding hydrogens is 300 g/mol. The molecule has 4 rings (SSSR count). The number of hydrogen-bond acceptors (Lipinski definition) is 3. The van der Waals surface area contributed by atoms with Gasteiger partial charge in [0.25, 0.3) is 0 Å². The van der Waals surface area contributed by atoms with E-state index in [2.05, 4.69) is 19.9 Å². The molecule has 4 aliphatic rings. The summed E-state index contributed by atoms with van der Waals surface area (Å²) < 4.78 is 0. The Kier molecular flexibility index (Phi) is 3.48. The van der Waals surface area contributed by atoms with Crippen LogP contribution in [0.3, 0.4) is 0 Å². The van der Waals surface area contributed by atoms with E-state index in [-0.39, 0.29) is 17.0 Å². The van der Waals surface area contributed by atoms with Crippen LogP contribution in [-0.2, 0) is 9.59 Å². The van der Waals surface area contributed by atoms with Crippen molar-refractivity contribution in [1.82, 2.24) is 0 Å².